The fourth-order valence-corrected chi connectivity index (χ4v) is 1.57. The molecule has 1 fully saturated rings. The standard InChI is InChI=1S/C10H16FN3O2/c1-6(2)8-5-16-10(15)14(8)9(13-3)7(11)4-12/h4,6,8H,5,12H2,1-3H3/t8-/m1/s1. The van der Waals surface area contributed by atoms with Gasteiger partial charge in [0.2, 0.25) is 0 Å². The van der Waals surface area contributed by atoms with Crippen LogP contribution in [0.3, 0.4) is 0 Å². The van der Waals surface area contributed by atoms with Crippen LogP contribution in [0.4, 0.5) is 9.18 Å². The van der Waals surface area contributed by atoms with Crippen LogP contribution < -0.4 is 5.73 Å². The van der Waals surface area contributed by atoms with Crippen LogP contribution in [0.5, 0.6) is 0 Å². The summed E-state index contributed by atoms with van der Waals surface area (Å²) < 4.78 is 18.3. The molecule has 2 N–H and O–H groups in total. The molecule has 0 saturated carbocycles. The Balaban J connectivity index is 3.03. The van der Waals surface area contributed by atoms with E-state index < -0.39 is 11.9 Å². The summed E-state index contributed by atoms with van der Waals surface area (Å²) in [6.07, 6.45) is 0.196. The van der Waals surface area contributed by atoms with Gasteiger partial charge in [-0.3, -0.25) is 9.89 Å². The second kappa shape index (κ2) is 4.96. The largest absolute Gasteiger partial charge is 0.447 e. The van der Waals surface area contributed by atoms with Gasteiger partial charge in [-0.2, -0.15) is 0 Å². The van der Waals surface area contributed by atoms with Crippen molar-refractivity contribution in [3.8, 4) is 0 Å². The number of nitrogens with two attached hydrogens (primary N) is 1. The van der Waals surface area contributed by atoms with Crippen LogP contribution in [0.25, 0.3) is 0 Å². The summed E-state index contributed by atoms with van der Waals surface area (Å²) in [6.45, 7) is 4.10. The average molecular weight is 229 g/mol. The quantitative estimate of drug-likeness (QED) is 0.572. The lowest BCUT2D eigenvalue weighted by atomic mass is 10.0. The third kappa shape index (κ3) is 2.15. The number of amidine groups is 1. The highest BCUT2D eigenvalue weighted by Crippen LogP contribution is 2.22. The maximum absolute atomic E-state index is 13.4. The van der Waals surface area contributed by atoms with Crippen molar-refractivity contribution in [3.05, 3.63) is 12.0 Å². The van der Waals surface area contributed by atoms with Gasteiger partial charge in [0.1, 0.15) is 6.61 Å². The third-order valence-corrected chi connectivity index (χ3v) is 2.48. The number of aliphatic imine (C=N–C) groups is 1. The number of nitrogens with zero attached hydrogens (tertiary/aromatic N) is 2. The van der Waals surface area contributed by atoms with E-state index in [0.717, 1.165) is 6.20 Å². The predicted molar refractivity (Wildman–Crippen MR) is 58.6 cm³/mol. The lowest BCUT2D eigenvalue weighted by molar-refractivity contribution is 0.168. The summed E-state index contributed by atoms with van der Waals surface area (Å²) in [7, 11) is 1.40. The average Bonchev–Trinajstić information content (AvgIpc) is 2.62. The van der Waals surface area contributed by atoms with Gasteiger partial charge in [0.15, 0.2) is 11.7 Å². The first-order valence-corrected chi connectivity index (χ1v) is 5.03. The molecule has 0 aliphatic carbocycles. The highest BCUT2D eigenvalue weighted by atomic mass is 19.1. The molecular formula is C10H16FN3O2. The van der Waals surface area contributed by atoms with Gasteiger partial charge in [-0.05, 0) is 5.92 Å². The van der Waals surface area contributed by atoms with Crippen LogP contribution in [-0.2, 0) is 4.74 Å². The van der Waals surface area contributed by atoms with Gasteiger partial charge in [0.05, 0.1) is 6.04 Å². The molecule has 16 heavy (non-hydrogen) atoms. The molecule has 5 nitrogen and oxygen atoms in total. The Kier molecular flexibility index (Phi) is 3.87. The van der Waals surface area contributed by atoms with Crippen LogP contribution in [-0.4, -0.2) is 36.5 Å². The maximum atomic E-state index is 13.4. The highest BCUT2D eigenvalue weighted by molar-refractivity contribution is 6.05. The van der Waals surface area contributed by atoms with Crippen molar-refractivity contribution in [2.45, 2.75) is 19.9 Å². The number of hydrogen-bond acceptors (Lipinski definition) is 4. The van der Waals surface area contributed by atoms with Crippen LogP contribution in [0.1, 0.15) is 13.8 Å². The molecular weight excluding hydrogens is 213 g/mol. The Labute approximate surface area is 93.8 Å². The summed E-state index contributed by atoms with van der Waals surface area (Å²) in [5, 5.41) is 0. The summed E-state index contributed by atoms with van der Waals surface area (Å²) in [5.41, 5.74) is 5.09. The molecule has 1 aliphatic heterocycles. The van der Waals surface area contributed by atoms with Crippen molar-refractivity contribution in [1.29, 1.82) is 0 Å². The molecule has 0 aromatic heterocycles. The molecule has 1 aliphatic rings. The fraction of sp³-hybridized carbons (Fsp3) is 0.600. The van der Waals surface area contributed by atoms with Crippen molar-refractivity contribution in [3.63, 3.8) is 0 Å². The zero-order valence-electron chi connectivity index (χ0n) is 9.61. The van der Waals surface area contributed by atoms with E-state index in [4.69, 9.17) is 10.5 Å². The number of amides is 1. The Morgan fingerprint density at radius 2 is 2.38 bits per heavy atom. The highest BCUT2D eigenvalue weighted by Gasteiger charge is 2.39. The van der Waals surface area contributed by atoms with Gasteiger partial charge in [0.25, 0.3) is 0 Å². The van der Waals surface area contributed by atoms with E-state index in [1.54, 1.807) is 0 Å². The first-order chi connectivity index (χ1) is 7.52. The van der Waals surface area contributed by atoms with Gasteiger partial charge in [-0.25, -0.2) is 9.18 Å². The molecule has 0 unspecified atom stereocenters. The molecule has 0 aromatic rings. The lowest BCUT2D eigenvalue weighted by Gasteiger charge is -2.24. The van der Waals surface area contributed by atoms with Crippen LogP contribution in [0, 0.1) is 5.92 Å². The monoisotopic (exact) mass is 229 g/mol. The minimum atomic E-state index is -0.730. The zero-order chi connectivity index (χ0) is 12.3. The number of ether oxygens (including phenoxy) is 1. The molecule has 1 rings (SSSR count). The number of cyclic esters (lactones) is 1. The van der Waals surface area contributed by atoms with Crippen molar-refractivity contribution in [2.24, 2.45) is 16.6 Å². The first kappa shape index (κ1) is 12.5. The van der Waals surface area contributed by atoms with Gasteiger partial charge in [-0.1, -0.05) is 13.8 Å². The second-order valence-corrected chi connectivity index (χ2v) is 3.82. The van der Waals surface area contributed by atoms with Crippen molar-refractivity contribution >= 4 is 11.9 Å². The van der Waals surface area contributed by atoms with Crippen LogP contribution in [0.15, 0.2) is 17.0 Å². The van der Waals surface area contributed by atoms with E-state index in [1.165, 1.54) is 11.9 Å². The molecule has 1 saturated heterocycles. The predicted octanol–water partition coefficient (Wildman–Crippen LogP) is 1.26. The van der Waals surface area contributed by atoms with Crippen LogP contribution >= 0.6 is 0 Å². The SMILES string of the molecule is CN=C(C(F)=CN)N1C(=O)OC[C@@H]1C(C)C. The Morgan fingerprint density at radius 3 is 2.81 bits per heavy atom. The molecule has 6 heteroatoms. The van der Waals surface area contributed by atoms with E-state index in [1.807, 2.05) is 13.8 Å². The smallest absolute Gasteiger partial charge is 0.416 e. The van der Waals surface area contributed by atoms with Crippen molar-refractivity contribution in [1.82, 2.24) is 4.90 Å². The molecule has 90 valence electrons. The molecule has 0 aromatic carbocycles. The van der Waals surface area contributed by atoms with Gasteiger partial charge in [-0.15, -0.1) is 0 Å². The van der Waals surface area contributed by atoms with Gasteiger partial charge < -0.3 is 10.5 Å². The molecule has 1 amide bonds. The van der Waals surface area contributed by atoms with Gasteiger partial charge in [0, 0.05) is 13.2 Å². The van der Waals surface area contributed by atoms with Crippen molar-refractivity contribution in [2.75, 3.05) is 13.7 Å². The topological polar surface area (TPSA) is 67.9 Å². The fourth-order valence-electron chi connectivity index (χ4n) is 1.57. The Morgan fingerprint density at radius 1 is 1.75 bits per heavy atom. The Bertz CT molecular complexity index is 339. The molecule has 0 radical (unpaired) electrons. The second-order valence-electron chi connectivity index (χ2n) is 3.82. The van der Waals surface area contributed by atoms with E-state index in [0.29, 0.717) is 0 Å². The molecule has 1 atom stereocenters. The third-order valence-electron chi connectivity index (χ3n) is 2.48. The summed E-state index contributed by atoms with van der Waals surface area (Å²) in [6, 6.07) is -0.211. The van der Waals surface area contributed by atoms with E-state index >= 15 is 0 Å². The van der Waals surface area contributed by atoms with E-state index in [-0.39, 0.29) is 24.4 Å². The maximum Gasteiger partial charge on any atom is 0.416 e. The van der Waals surface area contributed by atoms with E-state index in [2.05, 4.69) is 4.99 Å². The zero-order valence-corrected chi connectivity index (χ0v) is 9.61. The number of carbonyl (C=O) groups is 1. The Hall–Kier alpha value is -1.59. The molecule has 1 heterocycles. The number of rotatable bonds is 2. The van der Waals surface area contributed by atoms with E-state index in [9.17, 15) is 9.18 Å². The lowest BCUT2D eigenvalue weighted by Crippen LogP contribution is -2.42. The number of hydrogen-bond donors (Lipinski definition) is 1. The normalized spacial score (nSPS) is 22.9. The minimum absolute atomic E-state index is 0.0799. The van der Waals surface area contributed by atoms with Gasteiger partial charge >= 0.3 is 6.09 Å². The first-order valence-electron chi connectivity index (χ1n) is 5.03. The summed E-state index contributed by atoms with van der Waals surface area (Å²) >= 11 is 0. The molecule has 0 bridgehead atoms. The minimum Gasteiger partial charge on any atom is -0.447 e. The molecule has 0 spiro atoms. The van der Waals surface area contributed by atoms with Crippen molar-refractivity contribution < 1.29 is 13.9 Å². The number of halogens is 1. The summed E-state index contributed by atoms with van der Waals surface area (Å²) in [4.78, 5) is 16.5. The van der Waals surface area contributed by atoms with Crippen LogP contribution in [0.2, 0.25) is 0 Å². The summed E-state index contributed by atoms with van der Waals surface area (Å²) in [5.74, 6) is -0.663. The number of carbonyl (C=O) groups excluding carboxylic acids is 1.